The number of halogens is 1. The predicted octanol–water partition coefficient (Wildman–Crippen LogP) is 4.90. The maximum absolute atomic E-state index is 6.30. The van der Waals surface area contributed by atoms with Crippen LogP contribution in [0.25, 0.3) is 22.8 Å². The molecule has 4 aromatic rings. The summed E-state index contributed by atoms with van der Waals surface area (Å²) in [7, 11) is 0. The van der Waals surface area contributed by atoms with Gasteiger partial charge in [-0.1, -0.05) is 53.2 Å². The van der Waals surface area contributed by atoms with Gasteiger partial charge in [0, 0.05) is 11.8 Å². The van der Waals surface area contributed by atoms with Crippen LogP contribution in [0.2, 0.25) is 5.02 Å². The molecule has 0 fully saturated rings. The highest BCUT2D eigenvalue weighted by Crippen LogP contribution is 2.31. The molecule has 128 valence electrons. The Morgan fingerprint density at radius 2 is 1.92 bits per heavy atom. The Balaban J connectivity index is 1.69. The summed E-state index contributed by atoms with van der Waals surface area (Å²) in [6.07, 6.45) is 3.07. The van der Waals surface area contributed by atoms with Crippen molar-refractivity contribution in [2.45, 2.75) is 6.92 Å². The minimum atomic E-state index is 0.329. The van der Waals surface area contributed by atoms with E-state index in [1.54, 1.807) is 6.20 Å². The first-order chi connectivity index (χ1) is 12.7. The summed E-state index contributed by atoms with van der Waals surface area (Å²) < 4.78 is 5.42. The fraction of sp³-hybridized carbons (Fsp3) is 0.0526. The monoisotopic (exact) mass is 363 g/mol. The van der Waals surface area contributed by atoms with Crippen LogP contribution >= 0.6 is 11.6 Å². The molecule has 0 aliphatic carbocycles. The van der Waals surface area contributed by atoms with Crippen molar-refractivity contribution >= 4 is 23.1 Å². The molecule has 2 heterocycles. The fourth-order valence-corrected chi connectivity index (χ4v) is 2.75. The van der Waals surface area contributed by atoms with E-state index in [-0.39, 0.29) is 0 Å². The highest BCUT2D eigenvalue weighted by molar-refractivity contribution is 6.33. The summed E-state index contributed by atoms with van der Waals surface area (Å²) in [5.41, 5.74) is 3.28. The van der Waals surface area contributed by atoms with Crippen LogP contribution < -0.4 is 5.32 Å². The fourth-order valence-electron chi connectivity index (χ4n) is 2.47. The van der Waals surface area contributed by atoms with E-state index in [1.807, 2.05) is 55.5 Å². The zero-order chi connectivity index (χ0) is 17.9. The van der Waals surface area contributed by atoms with Crippen molar-refractivity contribution in [2.24, 2.45) is 0 Å². The average molecular weight is 364 g/mol. The van der Waals surface area contributed by atoms with Gasteiger partial charge in [0.05, 0.1) is 10.7 Å². The summed E-state index contributed by atoms with van der Waals surface area (Å²) in [5, 5.41) is 7.85. The van der Waals surface area contributed by atoms with E-state index in [0.29, 0.717) is 28.1 Å². The Hall–Kier alpha value is -3.25. The van der Waals surface area contributed by atoms with Gasteiger partial charge in [0.2, 0.25) is 5.82 Å². The Morgan fingerprint density at radius 3 is 2.73 bits per heavy atom. The molecule has 0 bridgehead atoms. The first-order valence-electron chi connectivity index (χ1n) is 7.93. The Morgan fingerprint density at radius 1 is 1.08 bits per heavy atom. The van der Waals surface area contributed by atoms with Crippen molar-refractivity contribution in [1.29, 1.82) is 0 Å². The molecule has 2 aromatic heterocycles. The maximum Gasteiger partial charge on any atom is 0.263 e. The van der Waals surface area contributed by atoms with E-state index >= 15 is 0 Å². The molecular weight excluding hydrogens is 350 g/mol. The summed E-state index contributed by atoms with van der Waals surface area (Å²) in [6.45, 7) is 1.98. The van der Waals surface area contributed by atoms with Crippen molar-refractivity contribution in [2.75, 3.05) is 5.32 Å². The predicted molar refractivity (Wildman–Crippen MR) is 100 cm³/mol. The topological polar surface area (TPSA) is 76.7 Å². The molecule has 4 rings (SSSR count). The third-order valence-electron chi connectivity index (χ3n) is 3.78. The van der Waals surface area contributed by atoms with E-state index in [2.05, 4.69) is 25.4 Å². The minimum absolute atomic E-state index is 0.329. The molecule has 0 amide bonds. The molecule has 0 saturated heterocycles. The lowest BCUT2D eigenvalue weighted by Gasteiger charge is -2.10. The maximum atomic E-state index is 6.30. The molecule has 0 radical (unpaired) electrons. The van der Waals surface area contributed by atoms with Crippen LogP contribution in [-0.4, -0.2) is 20.1 Å². The van der Waals surface area contributed by atoms with E-state index in [0.717, 1.165) is 16.8 Å². The number of hydrogen-bond acceptors (Lipinski definition) is 6. The van der Waals surface area contributed by atoms with Gasteiger partial charge in [-0.05, 0) is 24.6 Å². The van der Waals surface area contributed by atoms with E-state index in [4.69, 9.17) is 16.1 Å². The van der Waals surface area contributed by atoms with Crippen molar-refractivity contribution in [3.8, 4) is 22.8 Å². The molecule has 0 spiro atoms. The lowest BCUT2D eigenvalue weighted by Crippen LogP contribution is -1.98. The van der Waals surface area contributed by atoms with Gasteiger partial charge in [-0.25, -0.2) is 9.97 Å². The summed E-state index contributed by atoms with van der Waals surface area (Å²) in [5.74, 6) is 1.37. The number of aromatic nitrogens is 4. The van der Waals surface area contributed by atoms with Gasteiger partial charge >= 0.3 is 0 Å². The van der Waals surface area contributed by atoms with E-state index < -0.39 is 0 Å². The van der Waals surface area contributed by atoms with Gasteiger partial charge in [-0.15, -0.1) is 0 Å². The van der Waals surface area contributed by atoms with Crippen molar-refractivity contribution in [1.82, 2.24) is 20.1 Å². The van der Waals surface area contributed by atoms with Gasteiger partial charge in [0.15, 0.2) is 0 Å². The molecular formula is C19H14ClN5O. The number of nitrogens with one attached hydrogen (secondary N) is 1. The molecule has 6 nitrogen and oxygen atoms in total. The Bertz CT molecular complexity index is 1050. The minimum Gasteiger partial charge on any atom is -0.338 e. The molecule has 2 aromatic carbocycles. The second-order valence-corrected chi connectivity index (χ2v) is 6.09. The molecule has 0 unspecified atom stereocenters. The van der Waals surface area contributed by atoms with E-state index in [9.17, 15) is 0 Å². The van der Waals surface area contributed by atoms with Crippen LogP contribution in [0.15, 0.2) is 65.6 Å². The van der Waals surface area contributed by atoms with Gasteiger partial charge in [-0.3, -0.25) is 0 Å². The van der Waals surface area contributed by atoms with E-state index in [1.165, 1.54) is 6.33 Å². The molecule has 0 aliphatic heterocycles. The Kier molecular flexibility index (Phi) is 4.33. The summed E-state index contributed by atoms with van der Waals surface area (Å²) >= 11 is 6.30. The molecule has 1 N–H and O–H groups in total. The number of hydrogen-bond donors (Lipinski definition) is 1. The summed E-state index contributed by atoms with van der Waals surface area (Å²) in [4.78, 5) is 12.8. The molecule has 26 heavy (non-hydrogen) atoms. The SMILES string of the molecule is Cc1ccc(Nc2ncncc2-c2nc(-c3ccccc3)no2)c(Cl)c1. The number of aryl methyl sites for hydroxylation is 1. The Labute approximate surface area is 154 Å². The third-order valence-corrected chi connectivity index (χ3v) is 4.09. The molecule has 0 aliphatic rings. The van der Waals surface area contributed by atoms with Crippen molar-refractivity contribution < 1.29 is 4.52 Å². The molecule has 7 heteroatoms. The van der Waals surface area contributed by atoms with Gasteiger partial charge in [-0.2, -0.15) is 4.98 Å². The van der Waals surface area contributed by atoms with Crippen molar-refractivity contribution in [3.63, 3.8) is 0 Å². The highest BCUT2D eigenvalue weighted by atomic mass is 35.5. The van der Waals surface area contributed by atoms with Crippen LogP contribution in [0.3, 0.4) is 0 Å². The van der Waals surface area contributed by atoms with Crippen molar-refractivity contribution in [3.05, 3.63) is 71.6 Å². The highest BCUT2D eigenvalue weighted by Gasteiger charge is 2.16. The van der Waals surface area contributed by atoms with Crippen LogP contribution in [-0.2, 0) is 0 Å². The smallest absolute Gasteiger partial charge is 0.263 e. The zero-order valence-corrected chi connectivity index (χ0v) is 14.6. The second kappa shape index (κ2) is 6.93. The average Bonchev–Trinajstić information content (AvgIpc) is 3.15. The molecule has 0 saturated carbocycles. The number of benzene rings is 2. The first kappa shape index (κ1) is 16.2. The van der Waals surface area contributed by atoms with Gasteiger partial charge in [0.25, 0.3) is 5.89 Å². The second-order valence-electron chi connectivity index (χ2n) is 5.68. The van der Waals surface area contributed by atoms with Gasteiger partial charge in [0.1, 0.15) is 17.7 Å². The lowest BCUT2D eigenvalue weighted by atomic mass is 10.2. The van der Waals surface area contributed by atoms with Crippen LogP contribution in [0.5, 0.6) is 0 Å². The summed E-state index contributed by atoms with van der Waals surface area (Å²) in [6, 6.07) is 15.4. The van der Waals surface area contributed by atoms with Gasteiger partial charge < -0.3 is 9.84 Å². The van der Waals surface area contributed by atoms with Crippen LogP contribution in [0.4, 0.5) is 11.5 Å². The zero-order valence-electron chi connectivity index (χ0n) is 13.8. The van der Waals surface area contributed by atoms with Crippen LogP contribution in [0.1, 0.15) is 5.56 Å². The van der Waals surface area contributed by atoms with Crippen LogP contribution in [0, 0.1) is 6.92 Å². The standard InChI is InChI=1S/C19H14ClN5O/c1-12-7-8-16(15(20)9-12)23-18-14(10-21-11-22-18)19-24-17(25-26-19)13-5-3-2-4-6-13/h2-11H,1H3,(H,21,22,23). The quantitative estimate of drug-likeness (QED) is 0.555. The largest absolute Gasteiger partial charge is 0.338 e. The number of rotatable bonds is 4. The molecule has 0 atom stereocenters. The number of nitrogens with zero attached hydrogens (tertiary/aromatic N) is 4. The number of anilines is 2. The normalized spacial score (nSPS) is 10.7. The lowest BCUT2D eigenvalue weighted by molar-refractivity contribution is 0.432. The first-order valence-corrected chi connectivity index (χ1v) is 8.31. The third kappa shape index (κ3) is 3.27.